The highest BCUT2D eigenvalue weighted by Crippen LogP contribution is 2.35. The van der Waals surface area contributed by atoms with E-state index in [-0.39, 0.29) is 29.5 Å². The molecule has 0 spiro atoms. The van der Waals surface area contributed by atoms with Crippen LogP contribution in [0.2, 0.25) is 0 Å². The predicted molar refractivity (Wildman–Crippen MR) is 168 cm³/mol. The van der Waals surface area contributed by atoms with Crippen LogP contribution < -0.4 is 20.3 Å². The van der Waals surface area contributed by atoms with E-state index in [2.05, 4.69) is 10.6 Å². The summed E-state index contributed by atoms with van der Waals surface area (Å²) in [6, 6.07) is 27.8. The molecular formula is C34H28FN3O5S. The Bertz CT molecular complexity index is 1710. The van der Waals surface area contributed by atoms with Crippen molar-refractivity contribution in [2.75, 3.05) is 16.8 Å². The number of nitrogens with one attached hydrogen (secondary N) is 2. The molecule has 1 heterocycles. The van der Waals surface area contributed by atoms with Crippen molar-refractivity contribution in [1.29, 1.82) is 0 Å². The van der Waals surface area contributed by atoms with E-state index in [0.29, 0.717) is 29.3 Å². The molecular weight excluding hydrogens is 581 g/mol. The molecule has 1 unspecified atom stereocenters. The number of imide groups is 1. The molecule has 10 heteroatoms. The van der Waals surface area contributed by atoms with Crippen LogP contribution in [0.1, 0.15) is 29.3 Å². The molecule has 0 aromatic heterocycles. The first-order valence-corrected chi connectivity index (χ1v) is 14.7. The highest BCUT2D eigenvalue weighted by molar-refractivity contribution is 8.00. The lowest BCUT2D eigenvalue weighted by molar-refractivity contribution is -0.121. The number of ether oxygens (including phenoxy) is 1. The van der Waals surface area contributed by atoms with Gasteiger partial charge in [0.2, 0.25) is 11.8 Å². The van der Waals surface area contributed by atoms with Crippen LogP contribution in [0.5, 0.6) is 5.75 Å². The standard InChI is InChI=1S/C34H28FN3O5S/c1-2-43-26-16-14-25(15-17-26)38-31(39)21-30(34(38)42)44-27-18-12-24(13-19-27)36-33(41)29(20-23-10-6-7-11-28(23)35)37-32(40)22-8-4-3-5-9-22/h3-20,30H,2,21H2,1H3,(H,36,41)(H,37,40)/b29-20-. The molecule has 0 aliphatic carbocycles. The quantitative estimate of drug-likeness (QED) is 0.167. The molecule has 44 heavy (non-hydrogen) atoms. The van der Waals surface area contributed by atoms with Crippen molar-refractivity contribution in [3.8, 4) is 5.75 Å². The number of amides is 4. The molecule has 1 aliphatic rings. The van der Waals surface area contributed by atoms with Gasteiger partial charge in [-0.1, -0.05) is 36.4 Å². The summed E-state index contributed by atoms with van der Waals surface area (Å²) in [4.78, 5) is 53.8. The number of thioether (sulfide) groups is 1. The van der Waals surface area contributed by atoms with E-state index in [1.165, 1.54) is 40.9 Å². The Morgan fingerprint density at radius 1 is 0.932 bits per heavy atom. The number of anilines is 2. The first-order valence-electron chi connectivity index (χ1n) is 13.8. The molecule has 2 N–H and O–H groups in total. The lowest BCUT2D eigenvalue weighted by Gasteiger charge is -2.15. The minimum Gasteiger partial charge on any atom is -0.494 e. The number of benzene rings is 4. The van der Waals surface area contributed by atoms with Crippen LogP contribution in [0.3, 0.4) is 0 Å². The van der Waals surface area contributed by atoms with Crippen LogP contribution in [-0.4, -0.2) is 35.5 Å². The topological polar surface area (TPSA) is 105 Å². The second-order valence-electron chi connectivity index (χ2n) is 9.68. The van der Waals surface area contributed by atoms with Gasteiger partial charge >= 0.3 is 0 Å². The van der Waals surface area contributed by atoms with Crippen molar-refractivity contribution >= 4 is 52.8 Å². The van der Waals surface area contributed by atoms with Gasteiger partial charge in [-0.15, -0.1) is 11.8 Å². The summed E-state index contributed by atoms with van der Waals surface area (Å²) < 4.78 is 19.8. The van der Waals surface area contributed by atoms with Crippen LogP contribution in [0, 0.1) is 5.82 Å². The summed E-state index contributed by atoms with van der Waals surface area (Å²) in [7, 11) is 0. The smallest absolute Gasteiger partial charge is 0.272 e. The van der Waals surface area contributed by atoms with Gasteiger partial charge in [-0.3, -0.25) is 19.2 Å². The molecule has 1 aliphatic heterocycles. The van der Waals surface area contributed by atoms with E-state index >= 15 is 0 Å². The van der Waals surface area contributed by atoms with Gasteiger partial charge in [0.15, 0.2) is 0 Å². The summed E-state index contributed by atoms with van der Waals surface area (Å²) in [5.74, 6) is -1.66. The van der Waals surface area contributed by atoms with Crippen molar-refractivity contribution in [2.24, 2.45) is 0 Å². The first-order chi connectivity index (χ1) is 21.3. The first kappa shape index (κ1) is 30.2. The van der Waals surface area contributed by atoms with E-state index in [4.69, 9.17) is 4.74 Å². The van der Waals surface area contributed by atoms with E-state index in [1.807, 2.05) is 6.92 Å². The zero-order chi connectivity index (χ0) is 31.1. The van der Waals surface area contributed by atoms with Gasteiger partial charge in [0.05, 0.1) is 17.5 Å². The van der Waals surface area contributed by atoms with Gasteiger partial charge in [-0.25, -0.2) is 9.29 Å². The molecule has 4 aromatic carbocycles. The summed E-state index contributed by atoms with van der Waals surface area (Å²) in [5, 5.41) is 4.71. The van der Waals surface area contributed by atoms with Crippen LogP contribution in [0.15, 0.2) is 114 Å². The van der Waals surface area contributed by atoms with E-state index in [0.717, 1.165) is 4.90 Å². The van der Waals surface area contributed by atoms with Crippen molar-refractivity contribution in [3.05, 3.63) is 126 Å². The minimum absolute atomic E-state index is 0.0561. The Kier molecular flexibility index (Phi) is 9.51. The molecule has 5 rings (SSSR count). The number of halogens is 1. The van der Waals surface area contributed by atoms with E-state index in [1.54, 1.807) is 84.9 Å². The SMILES string of the molecule is CCOc1ccc(N2C(=O)CC(Sc3ccc(NC(=O)/C(=C/c4ccccc4F)NC(=O)c4ccccc4)cc3)C2=O)cc1. The monoisotopic (exact) mass is 609 g/mol. The average molecular weight is 610 g/mol. The second-order valence-corrected chi connectivity index (χ2v) is 11.0. The van der Waals surface area contributed by atoms with E-state index < -0.39 is 22.9 Å². The second kappa shape index (κ2) is 13.8. The van der Waals surface area contributed by atoms with Gasteiger partial charge in [0, 0.05) is 28.1 Å². The number of nitrogens with zero attached hydrogens (tertiary/aromatic N) is 1. The molecule has 0 radical (unpaired) electrons. The van der Waals surface area contributed by atoms with Crippen molar-refractivity contribution in [1.82, 2.24) is 5.32 Å². The average Bonchev–Trinajstić information content (AvgIpc) is 3.31. The zero-order valence-electron chi connectivity index (χ0n) is 23.7. The summed E-state index contributed by atoms with van der Waals surface area (Å²) >= 11 is 1.26. The molecule has 222 valence electrons. The third-order valence-corrected chi connectivity index (χ3v) is 7.83. The maximum atomic E-state index is 14.4. The highest BCUT2D eigenvalue weighted by Gasteiger charge is 2.40. The molecule has 1 fully saturated rings. The lowest BCUT2D eigenvalue weighted by atomic mass is 10.1. The third kappa shape index (κ3) is 7.22. The van der Waals surface area contributed by atoms with Gasteiger partial charge in [-0.2, -0.15) is 0 Å². The number of carbonyl (C=O) groups is 4. The maximum absolute atomic E-state index is 14.4. The van der Waals surface area contributed by atoms with Crippen LogP contribution in [0.25, 0.3) is 6.08 Å². The fourth-order valence-electron chi connectivity index (χ4n) is 4.50. The van der Waals surface area contributed by atoms with Gasteiger partial charge < -0.3 is 15.4 Å². The van der Waals surface area contributed by atoms with Crippen molar-refractivity contribution in [3.63, 3.8) is 0 Å². The Balaban J connectivity index is 1.26. The van der Waals surface area contributed by atoms with Gasteiger partial charge in [0.1, 0.15) is 17.3 Å². The van der Waals surface area contributed by atoms with Crippen LogP contribution >= 0.6 is 11.8 Å². The molecule has 1 saturated heterocycles. The Hall–Kier alpha value is -5.22. The lowest BCUT2D eigenvalue weighted by Crippen LogP contribution is -2.31. The Morgan fingerprint density at radius 3 is 2.30 bits per heavy atom. The molecule has 4 amide bonds. The normalized spacial score (nSPS) is 14.8. The number of hydrogen-bond donors (Lipinski definition) is 2. The van der Waals surface area contributed by atoms with Gasteiger partial charge in [-0.05, 0) is 79.7 Å². The highest BCUT2D eigenvalue weighted by atomic mass is 32.2. The fraction of sp³-hybridized carbons (Fsp3) is 0.118. The van der Waals surface area contributed by atoms with E-state index in [9.17, 15) is 23.6 Å². The predicted octanol–water partition coefficient (Wildman–Crippen LogP) is 6.06. The molecule has 0 saturated carbocycles. The van der Waals surface area contributed by atoms with Crippen LogP contribution in [0.4, 0.5) is 15.8 Å². The van der Waals surface area contributed by atoms with Crippen molar-refractivity contribution in [2.45, 2.75) is 23.5 Å². The number of rotatable bonds is 10. The summed E-state index contributed by atoms with van der Waals surface area (Å²) in [6.45, 7) is 2.39. The minimum atomic E-state index is -0.652. The fourth-order valence-corrected chi connectivity index (χ4v) is 5.55. The molecule has 8 nitrogen and oxygen atoms in total. The van der Waals surface area contributed by atoms with Gasteiger partial charge in [0.25, 0.3) is 11.8 Å². The molecule has 1 atom stereocenters. The molecule has 4 aromatic rings. The summed E-state index contributed by atoms with van der Waals surface area (Å²) in [5.41, 5.74) is 1.22. The third-order valence-electron chi connectivity index (χ3n) is 6.64. The number of hydrogen-bond acceptors (Lipinski definition) is 6. The largest absolute Gasteiger partial charge is 0.494 e. The maximum Gasteiger partial charge on any atom is 0.272 e. The Labute approximate surface area is 257 Å². The Morgan fingerprint density at radius 2 is 1.61 bits per heavy atom. The van der Waals surface area contributed by atoms with Crippen LogP contribution in [-0.2, 0) is 14.4 Å². The zero-order valence-corrected chi connectivity index (χ0v) is 24.5. The van der Waals surface area contributed by atoms with Crippen molar-refractivity contribution < 1.29 is 28.3 Å². The number of carbonyl (C=O) groups excluding carboxylic acids is 4. The molecule has 0 bridgehead atoms. The summed E-state index contributed by atoms with van der Waals surface area (Å²) in [6.07, 6.45) is 1.33.